The SMILES string of the molecule is CCOc1cc2occ(-c3ccc(OC)cc3)c2cc1/C(C)=C/C(=O)Nc1ccc(C)c(C)c1. The van der Waals surface area contributed by atoms with E-state index in [0.29, 0.717) is 12.4 Å². The topological polar surface area (TPSA) is 60.7 Å². The number of allylic oxidation sites excluding steroid dienone is 1. The van der Waals surface area contributed by atoms with Gasteiger partial charge in [0.25, 0.3) is 0 Å². The Morgan fingerprint density at radius 2 is 1.79 bits per heavy atom. The highest BCUT2D eigenvalue weighted by atomic mass is 16.5. The Balaban J connectivity index is 1.70. The molecule has 0 aliphatic heterocycles. The summed E-state index contributed by atoms with van der Waals surface area (Å²) in [4.78, 5) is 12.8. The van der Waals surface area contributed by atoms with Gasteiger partial charge in [0.2, 0.25) is 5.91 Å². The van der Waals surface area contributed by atoms with Gasteiger partial charge in [-0.05, 0) is 80.3 Å². The normalized spacial score (nSPS) is 11.5. The minimum absolute atomic E-state index is 0.189. The second kappa shape index (κ2) is 9.87. The van der Waals surface area contributed by atoms with Gasteiger partial charge in [-0.1, -0.05) is 18.2 Å². The first-order chi connectivity index (χ1) is 16.4. The Bertz CT molecular complexity index is 1360. The Hall–Kier alpha value is -3.99. The molecule has 0 saturated heterocycles. The molecule has 0 bridgehead atoms. The van der Waals surface area contributed by atoms with E-state index in [2.05, 4.69) is 5.32 Å². The Labute approximate surface area is 200 Å². The summed E-state index contributed by atoms with van der Waals surface area (Å²) in [5.41, 5.74) is 7.45. The molecule has 0 fully saturated rings. The zero-order valence-corrected chi connectivity index (χ0v) is 20.2. The highest BCUT2D eigenvalue weighted by Gasteiger charge is 2.15. The van der Waals surface area contributed by atoms with Gasteiger partial charge in [0.15, 0.2) is 0 Å². The number of furan rings is 1. The van der Waals surface area contributed by atoms with Gasteiger partial charge in [-0.3, -0.25) is 4.79 Å². The molecule has 5 heteroatoms. The van der Waals surface area contributed by atoms with Crippen molar-refractivity contribution in [1.82, 2.24) is 0 Å². The number of anilines is 1. The molecule has 3 aromatic carbocycles. The average Bonchev–Trinajstić information content (AvgIpc) is 3.24. The number of carbonyl (C=O) groups is 1. The van der Waals surface area contributed by atoms with Crippen molar-refractivity contribution in [2.75, 3.05) is 19.0 Å². The molecular weight excluding hydrogens is 426 g/mol. The standard InChI is InChI=1S/C29H29NO4/c1-6-33-27-16-28-25(26(17-34-28)21-8-11-23(32-5)12-9-21)15-24(27)20(4)14-29(31)30-22-10-7-18(2)19(3)13-22/h7-17H,6H2,1-5H3,(H,30,31)/b20-14+. The van der Waals surface area contributed by atoms with Crippen LogP contribution in [0, 0.1) is 13.8 Å². The molecule has 0 aliphatic carbocycles. The van der Waals surface area contributed by atoms with Crippen LogP contribution in [-0.4, -0.2) is 19.6 Å². The van der Waals surface area contributed by atoms with Crippen molar-refractivity contribution in [3.63, 3.8) is 0 Å². The maximum atomic E-state index is 12.8. The van der Waals surface area contributed by atoms with Crippen LogP contribution in [0.25, 0.3) is 27.7 Å². The van der Waals surface area contributed by atoms with Crippen LogP contribution >= 0.6 is 0 Å². The third-order valence-electron chi connectivity index (χ3n) is 5.92. The third-order valence-corrected chi connectivity index (χ3v) is 5.92. The largest absolute Gasteiger partial charge is 0.497 e. The maximum absolute atomic E-state index is 12.8. The van der Waals surface area contributed by atoms with E-state index in [1.54, 1.807) is 19.4 Å². The fourth-order valence-electron chi connectivity index (χ4n) is 3.90. The van der Waals surface area contributed by atoms with Gasteiger partial charge >= 0.3 is 0 Å². The molecule has 4 rings (SSSR count). The van der Waals surface area contributed by atoms with Crippen molar-refractivity contribution in [2.45, 2.75) is 27.7 Å². The smallest absolute Gasteiger partial charge is 0.248 e. The molecule has 1 N–H and O–H groups in total. The van der Waals surface area contributed by atoms with Gasteiger partial charge in [0.1, 0.15) is 17.1 Å². The number of benzene rings is 3. The molecule has 4 aromatic rings. The van der Waals surface area contributed by atoms with Gasteiger partial charge in [-0.15, -0.1) is 0 Å². The van der Waals surface area contributed by atoms with Crippen molar-refractivity contribution in [2.24, 2.45) is 0 Å². The predicted molar refractivity (Wildman–Crippen MR) is 138 cm³/mol. The molecule has 0 radical (unpaired) electrons. The summed E-state index contributed by atoms with van der Waals surface area (Å²) in [5, 5.41) is 3.91. The van der Waals surface area contributed by atoms with Crippen LogP contribution in [0.3, 0.4) is 0 Å². The number of ether oxygens (including phenoxy) is 2. The van der Waals surface area contributed by atoms with Crippen LogP contribution in [0.4, 0.5) is 5.69 Å². The van der Waals surface area contributed by atoms with Gasteiger partial charge in [-0.2, -0.15) is 0 Å². The molecule has 0 saturated carbocycles. The second-order valence-electron chi connectivity index (χ2n) is 8.27. The number of amides is 1. The summed E-state index contributed by atoms with van der Waals surface area (Å²) in [6.45, 7) is 8.43. The van der Waals surface area contributed by atoms with Crippen LogP contribution in [-0.2, 0) is 4.79 Å². The summed E-state index contributed by atoms with van der Waals surface area (Å²) in [6, 6.07) is 17.6. The zero-order chi connectivity index (χ0) is 24.2. The Kier molecular flexibility index (Phi) is 6.73. The number of methoxy groups -OCH3 is 1. The monoisotopic (exact) mass is 455 g/mol. The molecule has 1 heterocycles. The summed E-state index contributed by atoms with van der Waals surface area (Å²) >= 11 is 0. The third kappa shape index (κ3) is 4.84. The van der Waals surface area contributed by atoms with Crippen molar-refractivity contribution in [1.29, 1.82) is 0 Å². The maximum Gasteiger partial charge on any atom is 0.248 e. The van der Waals surface area contributed by atoms with E-state index in [9.17, 15) is 4.79 Å². The fraction of sp³-hybridized carbons (Fsp3) is 0.207. The highest BCUT2D eigenvalue weighted by molar-refractivity contribution is 6.05. The minimum Gasteiger partial charge on any atom is -0.497 e. The lowest BCUT2D eigenvalue weighted by Gasteiger charge is -2.12. The van der Waals surface area contributed by atoms with Crippen LogP contribution in [0.2, 0.25) is 0 Å². The molecule has 0 atom stereocenters. The quantitative estimate of drug-likeness (QED) is 0.300. The van der Waals surface area contributed by atoms with E-state index in [1.165, 1.54) is 5.56 Å². The van der Waals surface area contributed by atoms with Gasteiger partial charge < -0.3 is 19.2 Å². The first-order valence-electron chi connectivity index (χ1n) is 11.3. The number of aryl methyl sites for hydroxylation is 2. The van der Waals surface area contributed by atoms with Crippen molar-refractivity contribution in [3.8, 4) is 22.6 Å². The molecular formula is C29H29NO4. The number of nitrogens with one attached hydrogen (secondary N) is 1. The van der Waals surface area contributed by atoms with E-state index >= 15 is 0 Å². The molecule has 0 spiro atoms. The number of carbonyl (C=O) groups excluding carboxylic acids is 1. The van der Waals surface area contributed by atoms with Gasteiger partial charge in [0, 0.05) is 34.3 Å². The molecule has 0 unspecified atom stereocenters. The molecule has 174 valence electrons. The average molecular weight is 456 g/mol. The minimum atomic E-state index is -0.189. The summed E-state index contributed by atoms with van der Waals surface area (Å²) in [5.74, 6) is 1.29. The molecule has 5 nitrogen and oxygen atoms in total. The zero-order valence-electron chi connectivity index (χ0n) is 20.2. The lowest BCUT2D eigenvalue weighted by molar-refractivity contribution is -0.111. The van der Waals surface area contributed by atoms with E-state index in [0.717, 1.165) is 50.2 Å². The number of hydrogen-bond acceptors (Lipinski definition) is 4. The Morgan fingerprint density at radius 3 is 2.47 bits per heavy atom. The number of rotatable bonds is 7. The predicted octanol–water partition coefficient (Wildman–Crippen LogP) is 7.17. The highest BCUT2D eigenvalue weighted by Crippen LogP contribution is 2.38. The van der Waals surface area contributed by atoms with Gasteiger partial charge in [-0.25, -0.2) is 0 Å². The lowest BCUT2D eigenvalue weighted by Crippen LogP contribution is -2.09. The Morgan fingerprint density at radius 1 is 1.03 bits per heavy atom. The molecule has 34 heavy (non-hydrogen) atoms. The van der Waals surface area contributed by atoms with Crippen LogP contribution in [0.15, 0.2) is 71.4 Å². The fourth-order valence-corrected chi connectivity index (χ4v) is 3.90. The van der Waals surface area contributed by atoms with Crippen molar-refractivity contribution >= 4 is 28.1 Å². The number of hydrogen-bond donors (Lipinski definition) is 1. The van der Waals surface area contributed by atoms with E-state index in [-0.39, 0.29) is 5.91 Å². The van der Waals surface area contributed by atoms with Crippen LogP contribution < -0.4 is 14.8 Å². The first-order valence-corrected chi connectivity index (χ1v) is 11.3. The molecule has 0 aliphatic rings. The summed E-state index contributed by atoms with van der Waals surface area (Å²) < 4.78 is 17.0. The second-order valence-corrected chi connectivity index (χ2v) is 8.27. The van der Waals surface area contributed by atoms with Crippen molar-refractivity contribution < 1.29 is 18.7 Å². The van der Waals surface area contributed by atoms with E-state index in [1.807, 2.05) is 82.3 Å². The van der Waals surface area contributed by atoms with E-state index < -0.39 is 0 Å². The lowest BCUT2D eigenvalue weighted by atomic mass is 9.99. The summed E-state index contributed by atoms with van der Waals surface area (Å²) in [7, 11) is 1.65. The van der Waals surface area contributed by atoms with E-state index in [4.69, 9.17) is 13.9 Å². The van der Waals surface area contributed by atoms with Crippen molar-refractivity contribution in [3.05, 3.63) is 83.6 Å². The molecule has 1 amide bonds. The van der Waals surface area contributed by atoms with Crippen LogP contribution in [0.1, 0.15) is 30.5 Å². The van der Waals surface area contributed by atoms with Gasteiger partial charge in [0.05, 0.1) is 20.0 Å². The first kappa shape index (κ1) is 23.2. The number of fused-ring (bicyclic) bond motifs is 1. The molecule has 1 aromatic heterocycles. The summed E-state index contributed by atoms with van der Waals surface area (Å²) in [6.07, 6.45) is 3.35. The van der Waals surface area contributed by atoms with Crippen LogP contribution in [0.5, 0.6) is 11.5 Å².